The Hall–Kier alpha value is -1.23. The lowest BCUT2D eigenvalue weighted by Gasteiger charge is -2.40. The number of aromatic nitrogens is 1. The Morgan fingerprint density at radius 1 is 1.26 bits per heavy atom. The molecule has 3 rings (SSSR count). The van der Waals surface area contributed by atoms with Crippen LogP contribution in [0.15, 0.2) is 29.6 Å². The monoisotopic (exact) mass is 330 g/mol. The van der Waals surface area contributed by atoms with Crippen LogP contribution in [-0.2, 0) is 17.7 Å². The molecule has 1 aliphatic rings. The molecule has 1 aromatic heterocycles. The molecular formula is C19H26N2OS. The smallest absolute Gasteiger partial charge is 0.0897 e. The number of nitrogens with zero attached hydrogens (tertiary/aromatic N) is 2. The van der Waals surface area contributed by atoms with Crippen LogP contribution in [0.5, 0.6) is 0 Å². The van der Waals surface area contributed by atoms with Crippen LogP contribution < -0.4 is 0 Å². The lowest BCUT2D eigenvalue weighted by atomic mass is 9.92. The fourth-order valence-electron chi connectivity index (χ4n) is 3.48. The Morgan fingerprint density at radius 2 is 2.04 bits per heavy atom. The predicted molar refractivity (Wildman–Crippen MR) is 96.0 cm³/mol. The molecule has 1 saturated heterocycles. The lowest BCUT2D eigenvalue weighted by Crippen LogP contribution is -2.49. The Kier molecular flexibility index (Phi) is 5.46. The first-order chi connectivity index (χ1) is 11.2. The van der Waals surface area contributed by atoms with Gasteiger partial charge in [-0.15, -0.1) is 11.3 Å². The second kappa shape index (κ2) is 7.56. The van der Waals surface area contributed by atoms with Crippen molar-refractivity contribution in [1.29, 1.82) is 0 Å². The van der Waals surface area contributed by atoms with E-state index in [0.717, 1.165) is 30.9 Å². The van der Waals surface area contributed by atoms with Gasteiger partial charge in [-0.1, -0.05) is 29.8 Å². The van der Waals surface area contributed by atoms with E-state index in [1.807, 2.05) is 7.11 Å². The van der Waals surface area contributed by atoms with Gasteiger partial charge in [0.1, 0.15) is 0 Å². The molecule has 0 radical (unpaired) electrons. The van der Waals surface area contributed by atoms with Crippen molar-refractivity contribution in [3.8, 4) is 0 Å². The first-order valence-electron chi connectivity index (χ1n) is 8.39. The molecule has 2 heterocycles. The summed E-state index contributed by atoms with van der Waals surface area (Å²) < 4.78 is 5.81. The van der Waals surface area contributed by atoms with E-state index in [0.29, 0.717) is 12.1 Å². The van der Waals surface area contributed by atoms with Gasteiger partial charge >= 0.3 is 0 Å². The molecule has 0 spiro atoms. The van der Waals surface area contributed by atoms with Crippen molar-refractivity contribution >= 4 is 11.3 Å². The molecule has 2 atom stereocenters. The summed E-state index contributed by atoms with van der Waals surface area (Å²) in [7, 11) is 1.85. The number of thiazole rings is 1. The van der Waals surface area contributed by atoms with E-state index < -0.39 is 0 Å². The zero-order valence-electron chi connectivity index (χ0n) is 14.3. The van der Waals surface area contributed by atoms with E-state index in [-0.39, 0.29) is 0 Å². The summed E-state index contributed by atoms with van der Waals surface area (Å²) >= 11 is 1.74. The third-order valence-electron chi connectivity index (χ3n) is 4.73. The molecule has 0 aliphatic carbocycles. The van der Waals surface area contributed by atoms with Crippen LogP contribution in [0.2, 0.25) is 0 Å². The molecule has 0 amide bonds. The van der Waals surface area contributed by atoms with Crippen LogP contribution in [0.3, 0.4) is 0 Å². The van der Waals surface area contributed by atoms with Crippen LogP contribution in [0, 0.1) is 13.8 Å². The van der Waals surface area contributed by atoms with Gasteiger partial charge in [0.25, 0.3) is 0 Å². The molecule has 0 bridgehead atoms. The van der Waals surface area contributed by atoms with Gasteiger partial charge in [-0.2, -0.15) is 0 Å². The van der Waals surface area contributed by atoms with E-state index in [4.69, 9.17) is 4.74 Å². The number of piperidine rings is 1. The fraction of sp³-hybridized carbons (Fsp3) is 0.526. The molecule has 124 valence electrons. The number of methoxy groups -OCH3 is 1. The first kappa shape index (κ1) is 16.6. The second-order valence-electron chi connectivity index (χ2n) is 6.50. The van der Waals surface area contributed by atoms with E-state index >= 15 is 0 Å². The summed E-state index contributed by atoms with van der Waals surface area (Å²) in [5, 5.41) is 3.34. The van der Waals surface area contributed by atoms with Gasteiger partial charge < -0.3 is 4.74 Å². The number of rotatable bonds is 5. The van der Waals surface area contributed by atoms with Crippen molar-refractivity contribution in [3.05, 3.63) is 51.5 Å². The molecule has 4 heteroatoms. The van der Waals surface area contributed by atoms with E-state index in [1.54, 1.807) is 11.3 Å². The van der Waals surface area contributed by atoms with Gasteiger partial charge in [0.15, 0.2) is 0 Å². The Labute approximate surface area is 143 Å². The molecule has 1 aromatic carbocycles. The lowest BCUT2D eigenvalue weighted by molar-refractivity contribution is -0.0221. The molecule has 2 aromatic rings. The van der Waals surface area contributed by atoms with Crippen LogP contribution in [0.25, 0.3) is 0 Å². The summed E-state index contributed by atoms with van der Waals surface area (Å²) in [5.41, 5.74) is 3.90. The topological polar surface area (TPSA) is 25.4 Å². The Balaban J connectivity index is 1.76. The third kappa shape index (κ3) is 4.19. The fourth-order valence-corrected chi connectivity index (χ4v) is 4.08. The Bertz CT molecular complexity index is 623. The minimum atomic E-state index is 0.310. The molecule has 23 heavy (non-hydrogen) atoms. The minimum absolute atomic E-state index is 0.310. The standard InChI is InChI=1S/C19H26N2OS/c1-14-6-8-16(9-7-14)11-18-19(22-3)5-4-10-21(18)12-17-13-23-15(2)20-17/h6-9,13,18-19H,4-5,10-12H2,1-3H3/t18-,19-/m0/s1. The van der Waals surface area contributed by atoms with Gasteiger partial charge in [0, 0.05) is 25.1 Å². The highest BCUT2D eigenvalue weighted by molar-refractivity contribution is 7.09. The second-order valence-corrected chi connectivity index (χ2v) is 7.56. The first-order valence-corrected chi connectivity index (χ1v) is 9.27. The quantitative estimate of drug-likeness (QED) is 0.829. The van der Waals surface area contributed by atoms with Gasteiger partial charge in [-0.3, -0.25) is 4.90 Å². The van der Waals surface area contributed by atoms with Crippen molar-refractivity contribution in [2.75, 3.05) is 13.7 Å². The average Bonchev–Trinajstić information content (AvgIpc) is 2.96. The van der Waals surface area contributed by atoms with Crippen molar-refractivity contribution in [3.63, 3.8) is 0 Å². The number of aryl methyl sites for hydroxylation is 2. The Morgan fingerprint density at radius 3 is 2.70 bits per heavy atom. The maximum atomic E-state index is 5.81. The van der Waals surface area contributed by atoms with Crippen LogP contribution in [0.1, 0.15) is 34.7 Å². The van der Waals surface area contributed by atoms with Crippen LogP contribution >= 0.6 is 11.3 Å². The zero-order valence-corrected chi connectivity index (χ0v) is 15.1. The van der Waals surface area contributed by atoms with Gasteiger partial charge in [-0.05, 0) is 45.2 Å². The highest BCUT2D eigenvalue weighted by atomic mass is 32.1. The average molecular weight is 330 g/mol. The van der Waals surface area contributed by atoms with Crippen molar-refractivity contribution < 1.29 is 4.74 Å². The molecule has 1 fully saturated rings. The van der Waals surface area contributed by atoms with Gasteiger partial charge in [-0.25, -0.2) is 4.98 Å². The van der Waals surface area contributed by atoms with Crippen LogP contribution in [0.4, 0.5) is 0 Å². The predicted octanol–water partition coefficient (Wildman–Crippen LogP) is 3.98. The summed E-state index contributed by atoms with van der Waals surface area (Å²) in [4.78, 5) is 7.21. The minimum Gasteiger partial charge on any atom is -0.380 e. The normalized spacial score (nSPS) is 22.4. The highest BCUT2D eigenvalue weighted by Crippen LogP contribution is 2.25. The van der Waals surface area contributed by atoms with Gasteiger partial charge in [0.05, 0.1) is 16.8 Å². The van der Waals surface area contributed by atoms with E-state index in [9.17, 15) is 0 Å². The SMILES string of the molecule is CO[C@H]1CCCN(Cc2csc(C)n2)[C@H]1Cc1ccc(C)cc1. The highest BCUT2D eigenvalue weighted by Gasteiger charge is 2.31. The maximum Gasteiger partial charge on any atom is 0.0897 e. The zero-order chi connectivity index (χ0) is 16.2. The van der Waals surface area contributed by atoms with E-state index in [1.165, 1.54) is 23.2 Å². The number of likely N-dealkylation sites (tertiary alicyclic amines) is 1. The van der Waals surface area contributed by atoms with Crippen LogP contribution in [-0.4, -0.2) is 35.7 Å². The summed E-state index contributed by atoms with van der Waals surface area (Å²) in [6.45, 7) is 6.28. The molecule has 1 aliphatic heterocycles. The molecule has 0 N–H and O–H groups in total. The van der Waals surface area contributed by atoms with Gasteiger partial charge in [0.2, 0.25) is 0 Å². The molecule has 0 saturated carbocycles. The van der Waals surface area contributed by atoms with Crippen molar-refractivity contribution in [2.24, 2.45) is 0 Å². The molecule has 0 unspecified atom stereocenters. The number of benzene rings is 1. The van der Waals surface area contributed by atoms with Crippen molar-refractivity contribution in [1.82, 2.24) is 9.88 Å². The summed E-state index contributed by atoms with van der Waals surface area (Å²) in [5.74, 6) is 0. The summed E-state index contributed by atoms with van der Waals surface area (Å²) in [6, 6.07) is 9.34. The maximum absolute atomic E-state index is 5.81. The molecular weight excluding hydrogens is 304 g/mol. The van der Waals surface area contributed by atoms with Crippen molar-refractivity contribution in [2.45, 2.75) is 51.8 Å². The number of hydrogen-bond acceptors (Lipinski definition) is 4. The third-order valence-corrected chi connectivity index (χ3v) is 5.55. The molecule has 3 nitrogen and oxygen atoms in total. The number of hydrogen-bond donors (Lipinski definition) is 0. The summed E-state index contributed by atoms with van der Waals surface area (Å²) in [6.07, 6.45) is 3.71. The van der Waals surface area contributed by atoms with E-state index in [2.05, 4.69) is 53.4 Å². The number of ether oxygens (including phenoxy) is 1. The largest absolute Gasteiger partial charge is 0.380 e.